The van der Waals surface area contributed by atoms with E-state index in [0.29, 0.717) is 42.5 Å². The molecule has 1 N–H and O–H groups in total. The Morgan fingerprint density at radius 2 is 1.79 bits per heavy atom. The number of nitrogens with one attached hydrogen (secondary N) is 1. The lowest BCUT2D eigenvalue weighted by atomic mass is 10.3. The number of halogens is 4. The van der Waals surface area contributed by atoms with Crippen LogP contribution in [0.3, 0.4) is 0 Å². The number of thioether (sulfide) groups is 1. The van der Waals surface area contributed by atoms with Crippen molar-refractivity contribution in [2.24, 2.45) is 7.05 Å². The van der Waals surface area contributed by atoms with Gasteiger partial charge in [0.25, 0.3) is 0 Å². The number of aromatic nitrogens is 3. The molecule has 1 heterocycles. The van der Waals surface area contributed by atoms with E-state index in [1.54, 1.807) is 48.0 Å². The minimum absolute atomic E-state index is 0.136. The molecule has 0 aliphatic rings. The van der Waals surface area contributed by atoms with Crippen molar-refractivity contribution in [2.45, 2.75) is 11.8 Å². The molecule has 3 aromatic rings. The van der Waals surface area contributed by atoms with Gasteiger partial charge in [0.15, 0.2) is 11.0 Å². The fourth-order valence-electron chi connectivity index (χ4n) is 2.28. The highest BCUT2D eigenvalue weighted by Crippen LogP contribution is 2.28. The van der Waals surface area contributed by atoms with E-state index in [1.807, 2.05) is 0 Å². The first-order valence-electron chi connectivity index (χ1n) is 8.16. The standard InChI is InChI=1S/C18H14Cl4N4O2S/c1-26-16(8-28-15-7-10(19)2-3-14(15)22)24-25-18(26)29-9-17(27)23-13-5-11(20)4-12(21)6-13/h2-7H,8-9H2,1H3,(H,23,27). The molecule has 0 bridgehead atoms. The smallest absolute Gasteiger partial charge is 0.234 e. The van der Waals surface area contributed by atoms with Gasteiger partial charge in [0.1, 0.15) is 12.4 Å². The second-order valence-electron chi connectivity index (χ2n) is 5.82. The van der Waals surface area contributed by atoms with E-state index in [1.165, 1.54) is 11.8 Å². The van der Waals surface area contributed by atoms with Crippen LogP contribution in [0.2, 0.25) is 20.1 Å². The molecule has 1 amide bonds. The molecule has 0 fully saturated rings. The van der Waals surface area contributed by atoms with Crippen LogP contribution in [0.4, 0.5) is 5.69 Å². The zero-order chi connectivity index (χ0) is 21.0. The molecule has 3 rings (SSSR count). The molecule has 0 aliphatic carbocycles. The number of hydrogen-bond donors (Lipinski definition) is 1. The van der Waals surface area contributed by atoms with Gasteiger partial charge in [-0.2, -0.15) is 0 Å². The number of amides is 1. The molecular weight excluding hydrogens is 478 g/mol. The summed E-state index contributed by atoms with van der Waals surface area (Å²) in [6, 6.07) is 9.79. The Balaban J connectivity index is 1.56. The van der Waals surface area contributed by atoms with Crippen LogP contribution in [0.1, 0.15) is 5.82 Å². The zero-order valence-corrected chi connectivity index (χ0v) is 18.8. The van der Waals surface area contributed by atoms with Crippen molar-refractivity contribution < 1.29 is 9.53 Å². The van der Waals surface area contributed by atoms with Crippen molar-refractivity contribution in [3.63, 3.8) is 0 Å². The van der Waals surface area contributed by atoms with Crippen molar-refractivity contribution in [1.29, 1.82) is 0 Å². The van der Waals surface area contributed by atoms with Gasteiger partial charge in [-0.3, -0.25) is 4.79 Å². The van der Waals surface area contributed by atoms with Gasteiger partial charge in [0.05, 0.1) is 10.8 Å². The van der Waals surface area contributed by atoms with E-state index in [-0.39, 0.29) is 18.3 Å². The third kappa shape index (κ3) is 6.17. The van der Waals surface area contributed by atoms with Crippen LogP contribution < -0.4 is 10.1 Å². The van der Waals surface area contributed by atoms with E-state index >= 15 is 0 Å². The largest absolute Gasteiger partial charge is 0.484 e. The van der Waals surface area contributed by atoms with E-state index < -0.39 is 0 Å². The summed E-state index contributed by atoms with van der Waals surface area (Å²) in [4.78, 5) is 12.2. The van der Waals surface area contributed by atoms with Gasteiger partial charge < -0.3 is 14.6 Å². The summed E-state index contributed by atoms with van der Waals surface area (Å²) in [7, 11) is 1.79. The molecule has 0 unspecified atom stereocenters. The topological polar surface area (TPSA) is 69.0 Å². The molecule has 0 saturated heterocycles. The Morgan fingerprint density at radius 1 is 1.07 bits per heavy atom. The van der Waals surface area contributed by atoms with Gasteiger partial charge in [0.2, 0.25) is 5.91 Å². The van der Waals surface area contributed by atoms with Crippen LogP contribution in [0, 0.1) is 0 Å². The van der Waals surface area contributed by atoms with Crippen molar-refractivity contribution in [3.8, 4) is 5.75 Å². The minimum Gasteiger partial charge on any atom is -0.484 e. The number of anilines is 1. The second kappa shape index (κ2) is 9.91. The van der Waals surface area contributed by atoms with Crippen molar-refractivity contribution in [2.75, 3.05) is 11.1 Å². The first-order valence-corrected chi connectivity index (χ1v) is 10.7. The first-order chi connectivity index (χ1) is 13.8. The maximum atomic E-state index is 12.2. The summed E-state index contributed by atoms with van der Waals surface area (Å²) >= 11 is 25.1. The quantitative estimate of drug-likeness (QED) is 0.427. The Bertz CT molecular complexity index is 1020. The molecular formula is C18H14Cl4N4O2S. The van der Waals surface area contributed by atoms with Crippen molar-refractivity contribution in [3.05, 3.63) is 62.3 Å². The van der Waals surface area contributed by atoms with Gasteiger partial charge >= 0.3 is 0 Å². The van der Waals surface area contributed by atoms with Crippen LogP contribution in [0.15, 0.2) is 41.6 Å². The summed E-state index contributed by atoms with van der Waals surface area (Å²) in [5, 5.41) is 13.3. The molecule has 0 atom stereocenters. The minimum atomic E-state index is -0.222. The number of benzene rings is 2. The van der Waals surface area contributed by atoms with E-state index in [2.05, 4.69) is 15.5 Å². The number of nitrogens with zero attached hydrogens (tertiary/aromatic N) is 3. The van der Waals surface area contributed by atoms with Gasteiger partial charge in [-0.05, 0) is 30.3 Å². The fraction of sp³-hybridized carbons (Fsp3) is 0.167. The molecule has 2 aromatic carbocycles. The molecule has 0 aliphatic heterocycles. The molecule has 0 saturated carbocycles. The molecule has 0 spiro atoms. The van der Waals surface area contributed by atoms with Gasteiger partial charge in [0, 0.05) is 33.9 Å². The molecule has 0 radical (unpaired) electrons. The van der Waals surface area contributed by atoms with Crippen molar-refractivity contribution in [1.82, 2.24) is 14.8 Å². The molecule has 152 valence electrons. The lowest BCUT2D eigenvalue weighted by Crippen LogP contribution is -2.14. The Morgan fingerprint density at radius 3 is 2.52 bits per heavy atom. The number of rotatable bonds is 7. The van der Waals surface area contributed by atoms with Gasteiger partial charge in [-0.15, -0.1) is 10.2 Å². The summed E-state index contributed by atoms with van der Waals surface area (Å²) < 4.78 is 7.41. The van der Waals surface area contributed by atoms with E-state index in [4.69, 9.17) is 51.1 Å². The summed E-state index contributed by atoms with van der Waals surface area (Å²) in [6.07, 6.45) is 0. The average Bonchev–Trinajstić information content (AvgIpc) is 2.99. The highest BCUT2D eigenvalue weighted by atomic mass is 35.5. The fourth-order valence-corrected chi connectivity index (χ4v) is 3.87. The molecule has 29 heavy (non-hydrogen) atoms. The maximum Gasteiger partial charge on any atom is 0.234 e. The molecule has 6 nitrogen and oxygen atoms in total. The number of ether oxygens (including phenoxy) is 1. The zero-order valence-electron chi connectivity index (χ0n) is 15.0. The molecule has 11 heteroatoms. The first kappa shape index (κ1) is 22.1. The van der Waals surface area contributed by atoms with Crippen LogP contribution >= 0.6 is 58.2 Å². The lowest BCUT2D eigenvalue weighted by molar-refractivity contribution is -0.113. The number of hydrogen-bond acceptors (Lipinski definition) is 5. The highest BCUT2D eigenvalue weighted by molar-refractivity contribution is 7.99. The Kier molecular flexibility index (Phi) is 7.54. The van der Waals surface area contributed by atoms with Crippen molar-refractivity contribution >= 4 is 69.8 Å². The lowest BCUT2D eigenvalue weighted by Gasteiger charge is -2.09. The Hall–Kier alpha value is -1.64. The van der Waals surface area contributed by atoms with Crippen LogP contribution in [-0.4, -0.2) is 26.4 Å². The SMILES string of the molecule is Cn1c(COc2cc(Cl)ccc2Cl)nnc1SCC(=O)Nc1cc(Cl)cc(Cl)c1. The molecule has 1 aromatic heterocycles. The van der Waals surface area contributed by atoms with E-state index in [9.17, 15) is 4.79 Å². The predicted octanol–water partition coefficient (Wildman–Crippen LogP) is 5.74. The van der Waals surface area contributed by atoms with Crippen LogP contribution in [0.5, 0.6) is 5.75 Å². The van der Waals surface area contributed by atoms with E-state index in [0.717, 1.165) is 0 Å². The van der Waals surface area contributed by atoms with Gasteiger partial charge in [-0.1, -0.05) is 58.2 Å². The van der Waals surface area contributed by atoms with Crippen LogP contribution in [-0.2, 0) is 18.4 Å². The number of carbonyl (C=O) groups excluding carboxylic acids is 1. The summed E-state index contributed by atoms with van der Waals surface area (Å²) in [5.41, 5.74) is 0.526. The highest BCUT2D eigenvalue weighted by Gasteiger charge is 2.13. The van der Waals surface area contributed by atoms with Crippen LogP contribution in [0.25, 0.3) is 0 Å². The average molecular weight is 492 g/mol. The maximum absolute atomic E-state index is 12.2. The third-order valence-electron chi connectivity index (χ3n) is 3.65. The second-order valence-corrected chi connectivity index (χ2v) is 8.48. The predicted molar refractivity (Wildman–Crippen MR) is 118 cm³/mol. The normalized spacial score (nSPS) is 10.8. The third-order valence-corrected chi connectivity index (χ3v) is 5.66. The monoisotopic (exact) mass is 490 g/mol. The van der Waals surface area contributed by atoms with Gasteiger partial charge in [-0.25, -0.2) is 0 Å². The Labute approximate surface area is 191 Å². The summed E-state index contributed by atoms with van der Waals surface area (Å²) in [6.45, 7) is 0.150. The number of carbonyl (C=O) groups is 1. The summed E-state index contributed by atoms with van der Waals surface area (Å²) in [5.74, 6) is 0.943.